The maximum atomic E-state index is 11.6. The highest BCUT2D eigenvalue weighted by molar-refractivity contribution is 14.0. The fourth-order valence-electron chi connectivity index (χ4n) is 2.59. The minimum atomic E-state index is 0. The highest BCUT2D eigenvalue weighted by Gasteiger charge is 2.28. The summed E-state index contributed by atoms with van der Waals surface area (Å²) in [6.07, 6.45) is 2.89. The average Bonchev–Trinajstić information content (AvgIpc) is 3.36. The van der Waals surface area contributed by atoms with Gasteiger partial charge in [-0.1, -0.05) is 6.07 Å². The van der Waals surface area contributed by atoms with Crippen LogP contribution in [0.15, 0.2) is 23.2 Å². The van der Waals surface area contributed by atoms with Gasteiger partial charge in [0.15, 0.2) is 17.5 Å². The largest absolute Gasteiger partial charge is 0.454 e. The molecule has 3 N–H and O–H groups in total. The van der Waals surface area contributed by atoms with Gasteiger partial charge < -0.3 is 25.4 Å². The van der Waals surface area contributed by atoms with E-state index in [1.165, 1.54) is 5.56 Å². The van der Waals surface area contributed by atoms with Crippen LogP contribution >= 0.6 is 24.0 Å². The number of carbonyl (C=O) groups excluding carboxylic acids is 1. The molecule has 3 rings (SSSR count). The standard InChI is InChI=1S/C18H26N4O3.HI/c1-2-19-18(22-10-9-20-17(23)14-4-5-14)21-8-7-13-3-6-15-16(11-13)25-12-24-15;/h3,6,11,14H,2,4-5,7-10,12H2,1H3,(H,20,23)(H2,19,21,22);1H. The topological polar surface area (TPSA) is 84.0 Å². The van der Waals surface area contributed by atoms with Crippen molar-refractivity contribution in [3.05, 3.63) is 23.8 Å². The van der Waals surface area contributed by atoms with Gasteiger partial charge in [-0.15, -0.1) is 24.0 Å². The van der Waals surface area contributed by atoms with E-state index < -0.39 is 0 Å². The van der Waals surface area contributed by atoms with Gasteiger partial charge in [-0.25, -0.2) is 0 Å². The number of nitrogens with one attached hydrogen (secondary N) is 3. The summed E-state index contributed by atoms with van der Waals surface area (Å²) in [7, 11) is 0. The van der Waals surface area contributed by atoms with Crippen molar-refractivity contribution in [2.45, 2.75) is 26.2 Å². The van der Waals surface area contributed by atoms with E-state index in [1.54, 1.807) is 0 Å². The van der Waals surface area contributed by atoms with Crippen LogP contribution < -0.4 is 25.4 Å². The molecular formula is C18H27IN4O3. The Hall–Kier alpha value is -1.71. The van der Waals surface area contributed by atoms with Crippen LogP contribution in [0.4, 0.5) is 0 Å². The molecule has 1 amide bonds. The lowest BCUT2D eigenvalue weighted by molar-refractivity contribution is -0.122. The van der Waals surface area contributed by atoms with Crippen LogP contribution in [0.25, 0.3) is 0 Å². The molecule has 26 heavy (non-hydrogen) atoms. The monoisotopic (exact) mass is 474 g/mol. The molecule has 2 aliphatic rings. The maximum Gasteiger partial charge on any atom is 0.231 e. The van der Waals surface area contributed by atoms with E-state index in [1.807, 2.05) is 25.1 Å². The highest BCUT2D eigenvalue weighted by atomic mass is 127. The van der Waals surface area contributed by atoms with Crippen molar-refractivity contribution in [2.24, 2.45) is 10.9 Å². The molecule has 1 aliphatic heterocycles. The number of aliphatic imine (C=N–C) groups is 1. The quantitative estimate of drug-likeness (QED) is 0.231. The van der Waals surface area contributed by atoms with E-state index in [0.29, 0.717) is 26.4 Å². The van der Waals surface area contributed by atoms with Crippen molar-refractivity contribution >= 4 is 35.8 Å². The number of nitrogens with zero attached hydrogens (tertiary/aromatic N) is 1. The number of hydrogen-bond acceptors (Lipinski definition) is 4. The molecule has 8 heteroatoms. The lowest BCUT2D eigenvalue weighted by Crippen LogP contribution is -2.41. The van der Waals surface area contributed by atoms with Crippen molar-refractivity contribution in [3.8, 4) is 11.5 Å². The third-order valence-electron chi connectivity index (χ3n) is 4.12. The maximum absolute atomic E-state index is 11.6. The minimum Gasteiger partial charge on any atom is -0.454 e. The molecule has 0 aromatic heterocycles. The first-order valence-electron chi connectivity index (χ1n) is 8.94. The molecule has 1 fully saturated rings. The molecule has 0 atom stereocenters. The van der Waals surface area contributed by atoms with E-state index >= 15 is 0 Å². The van der Waals surface area contributed by atoms with Crippen molar-refractivity contribution < 1.29 is 14.3 Å². The summed E-state index contributed by atoms with van der Waals surface area (Å²) in [6, 6.07) is 5.98. The van der Waals surface area contributed by atoms with E-state index in [4.69, 9.17) is 9.47 Å². The first-order valence-corrected chi connectivity index (χ1v) is 8.94. The van der Waals surface area contributed by atoms with Gasteiger partial charge in [0.2, 0.25) is 12.7 Å². The summed E-state index contributed by atoms with van der Waals surface area (Å²) in [5, 5.41) is 9.40. The fraction of sp³-hybridized carbons (Fsp3) is 0.556. The number of benzene rings is 1. The normalized spacial score (nSPS) is 15.2. The van der Waals surface area contributed by atoms with E-state index in [0.717, 1.165) is 43.3 Å². The van der Waals surface area contributed by atoms with Crippen molar-refractivity contribution in [3.63, 3.8) is 0 Å². The zero-order chi connectivity index (χ0) is 17.5. The van der Waals surface area contributed by atoms with Crippen LogP contribution in [-0.4, -0.2) is 44.8 Å². The zero-order valence-corrected chi connectivity index (χ0v) is 17.4. The Kier molecular flexibility index (Phi) is 8.27. The van der Waals surface area contributed by atoms with Gasteiger partial charge in [-0.05, 0) is 43.9 Å². The third-order valence-corrected chi connectivity index (χ3v) is 4.12. The molecule has 0 unspecified atom stereocenters. The summed E-state index contributed by atoms with van der Waals surface area (Å²) in [5.41, 5.74) is 1.17. The van der Waals surface area contributed by atoms with E-state index in [2.05, 4.69) is 20.9 Å². The number of fused-ring (bicyclic) bond motifs is 1. The second-order valence-corrected chi connectivity index (χ2v) is 6.19. The van der Waals surface area contributed by atoms with Crippen molar-refractivity contribution in [1.29, 1.82) is 0 Å². The van der Waals surface area contributed by atoms with Crippen LogP contribution in [0.5, 0.6) is 11.5 Å². The highest BCUT2D eigenvalue weighted by Crippen LogP contribution is 2.32. The van der Waals surface area contributed by atoms with Gasteiger partial charge in [0.1, 0.15) is 0 Å². The smallest absolute Gasteiger partial charge is 0.231 e. The molecule has 0 bridgehead atoms. The van der Waals surface area contributed by atoms with Crippen LogP contribution in [0.3, 0.4) is 0 Å². The Labute approximate surface area is 171 Å². The molecule has 1 aliphatic carbocycles. The molecule has 0 saturated heterocycles. The Morgan fingerprint density at radius 2 is 1.92 bits per heavy atom. The minimum absolute atomic E-state index is 0. The number of halogens is 1. The number of guanidine groups is 1. The fourth-order valence-corrected chi connectivity index (χ4v) is 2.59. The van der Waals surface area contributed by atoms with Crippen LogP contribution in [0.1, 0.15) is 25.3 Å². The van der Waals surface area contributed by atoms with Gasteiger partial charge in [-0.2, -0.15) is 0 Å². The van der Waals surface area contributed by atoms with Crippen LogP contribution in [0.2, 0.25) is 0 Å². The Balaban J connectivity index is 0.00000243. The molecule has 144 valence electrons. The first kappa shape index (κ1) is 20.6. The summed E-state index contributed by atoms with van der Waals surface area (Å²) in [6.45, 7) is 5.07. The van der Waals surface area contributed by atoms with Gasteiger partial charge in [0.05, 0.1) is 0 Å². The summed E-state index contributed by atoms with van der Waals surface area (Å²) in [5.74, 6) is 2.80. The molecular weight excluding hydrogens is 447 g/mol. The SMILES string of the molecule is CCNC(=NCCc1ccc2c(c1)OCO2)NCCNC(=O)C1CC1.I. The number of amides is 1. The number of carbonyl (C=O) groups is 1. The lowest BCUT2D eigenvalue weighted by atomic mass is 10.1. The Morgan fingerprint density at radius 3 is 2.69 bits per heavy atom. The molecule has 0 radical (unpaired) electrons. The Bertz CT molecular complexity index is 635. The van der Waals surface area contributed by atoms with Crippen LogP contribution in [0, 0.1) is 5.92 Å². The lowest BCUT2D eigenvalue weighted by Gasteiger charge is -2.12. The van der Waals surface area contributed by atoms with Crippen LogP contribution in [-0.2, 0) is 11.2 Å². The zero-order valence-electron chi connectivity index (χ0n) is 15.0. The van der Waals surface area contributed by atoms with Gasteiger partial charge in [-0.3, -0.25) is 9.79 Å². The second-order valence-electron chi connectivity index (χ2n) is 6.19. The predicted octanol–water partition coefficient (Wildman–Crippen LogP) is 1.66. The van der Waals surface area contributed by atoms with Gasteiger partial charge >= 0.3 is 0 Å². The van der Waals surface area contributed by atoms with Crippen molar-refractivity contribution in [1.82, 2.24) is 16.0 Å². The third kappa shape index (κ3) is 6.22. The van der Waals surface area contributed by atoms with Gasteiger partial charge in [0.25, 0.3) is 0 Å². The second kappa shape index (κ2) is 10.4. The molecule has 1 aromatic carbocycles. The van der Waals surface area contributed by atoms with Gasteiger partial charge in [0, 0.05) is 32.1 Å². The first-order chi connectivity index (χ1) is 12.3. The molecule has 1 heterocycles. The molecule has 0 spiro atoms. The predicted molar refractivity (Wildman–Crippen MR) is 111 cm³/mol. The molecule has 1 saturated carbocycles. The number of ether oxygens (including phenoxy) is 2. The number of rotatable bonds is 8. The molecule has 7 nitrogen and oxygen atoms in total. The van der Waals surface area contributed by atoms with E-state index in [-0.39, 0.29) is 35.8 Å². The average molecular weight is 474 g/mol. The van der Waals surface area contributed by atoms with Crippen molar-refractivity contribution in [2.75, 3.05) is 33.0 Å². The summed E-state index contributed by atoms with van der Waals surface area (Å²) in [4.78, 5) is 16.2. The summed E-state index contributed by atoms with van der Waals surface area (Å²) >= 11 is 0. The molecule has 1 aromatic rings. The Morgan fingerprint density at radius 1 is 1.15 bits per heavy atom. The summed E-state index contributed by atoms with van der Waals surface area (Å²) < 4.78 is 10.7. The number of hydrogen-bond donors (Lipinski definition) is 3. The van der Waals surface area contributed by atoms with E-state index in [9.17, 15) is 4.79 Å².